The molecule has 0 aromatic carbocycles. The molecule has 8 heteroatoms. The average molecular weight is 385 g/mol. The third kappa shape index (κ3) is 5.54. The summed E-state index contributed by atoms with van der Waals surface area (Å²) in [4.78, 5) is 2.32. The van der Waals surface area contributed by atoms with Crippen molar-refractivity contribution < 1.29 is 14.3 Å². The van der Waals surface area contributed by atoms with Crippen molar-refractivity contribution in [2.24, 2.45) is 0 Å². The second-order valence-corrected chi connectivity index (χ2v) is 14.2. The van der Waals surface area contributed by atoms with E-state index in [4.69, 9.17) is 14.3 Å². The second-order valence-electron chi connectivity index (χ2n) is 7.00. The third-order valence-electron chi connectivity index (χ3n) is 4.08. The standard InChI is InChI=1S/C16H24N2O3S2Si/c1-16(2,3)24(4,5)21-11-13-7-6-12(22-23-13)10-20-15-9-8-14(19)17-18-15/h6-9H,10-11H2,1-5H3,(H,17,19). The van der Waals surface area contributed by atoms with Crippen molar-refractivity contribution >= 4 is 29.9 Å². The van der Waals surface area contributed by atoms with Gasteiger partial charge >= 0.3 is 0 Å². The molecule has 24 heavy (non-hydrogen) atoms. The summed E-state index contributed by atoms with van der Waals surface area (Å²) in [6.45, 7) is 12.4. The molecule has 0 fully saturated rings. The van der Waals surface area contributed by atoms with Crippen LogP contribution in [0.4, 0.5) is 0 Å². The van der Waals surface area contributed by atoms with Crippen LogP contribution in [0.1, 0.15) is 20.8 Å². The van der Waals surface area contributed by atoms with E-state index in [9.17, 15) is 0 Å². The van der Waals surface area contributed by atoms with Crippen molar-refractivity contribution in [1.29, 1.82) is 0 Å². The maximum absolute atomic E-state index is 9.10. The smallest absolute Gasteiger partial charge is 0.234 e. The molecular weight excluding hydrogens is 360 g/mol. The Labute approximate surface area is 152 Å². The molecule has 0 aliphatic carbocycles. The van der Waals surface area contributed by atoms with Crippen molar-refractivity contribution in [3.05, 3.63) is 34.1 Å². The molecule has 1 N–H and O–H groups in total. The topological polar surface area (TPSA) is 64.5 Å². The lowest BCUT2D eigenvalue weighted by Crippen LogP contribution is -2.41. The van der Waals surface area contributed by atoms with Gasteiger partial charge in [0.1, 0.15) is 6.61 Å². The Hall–Kier alpha value is -0.963. The van der Waals surface area contributed by atoms with E-state index in [1.54, 1.807) is 27.7 Å². The van der Waals surface area contributed by atoms with Crippen molar-refractivity contribution in [3.63, 3.8) is 0 Å². The third-order valence-corrected chi connectivity index (χ3v) is 11.1. The Morgan fingerprint density at radius 3 is 2.17 bits per heavy atom. The quantitative estimate of drug-likeness (QED) is 0.561. The summed E-state index contributed by atoms with van der Waals surface area (Å²) in [5, 5.41) is 16.6. The van der Waals surface area contributed by atoms with Crippen LogP contribution in [0.2, 0.25) is 18.1 Å². The summed E-state index contributed by atoms with van der Waals surface area (Å²) in [7, 11) is 1.67. The summed E-state index contributed by atoms with van der Waals surface area (Å²) < 4.78 is 11.8. The maximum Gasteiger partial charge on any atom is 0.234 e. The molecule has 1 aromatic heterocycles. The number of allylic oxidation sites excluding steroid dienone is 2. The first kappa shape index (κ1) is 19.4. The summed E-state index contributed by atoms with van der Waals surface area (Å²) in [6.07, 6.45) is 4.15. The van der Waals surface area contributed by atoms with Crippen LogP contribution in [0.5, 0.6) is 11.8 Å². The largest absolute Gasteiger partial charge is 0.492 e. The lowest BCUT2D eigenvalue weighted by atomic mass is 10.2. The van der Waals surface area contributed by atoms with E-state index in [-0.39, 0.29) is 10.9 Å². The zero-order chi connectivity index (χ0) is 17.8. The van der Waals surface area contributed by atoms with Crippen LogP contribution < -0.4 is 4.74 Å². The van der Waals surface area contributed by atoms with Crippen molar-refractivity contribution in [1.82, 2.24) is 10.2 Å². The fraction of sp³-hybridized carbons (Fsp3) is 0.500. The molecule has 0 amide bonds. The molecule has 1 aliphatic heterocycles. The Bertz CT molecular complexity index is 625. The summed E-state index contributed by atoms with van der Waals surface area (Å²) in [6, 6.07) is 3.05. The number of nitrogens with zero attached hydrogens (tertiary/aromatic N) is 2. The summed E-state index contributed by atoms with van der Waals surface area (Å²) in [5.74, 6) is 0.286. The molecule has 0 saturated carbocycles. The molecule has 1 aliphatic rings. The number of ether oxygens (including phenoxy) is 1. The molecule has 2 heterocycles. The maximum atomic E-state index is 9.10. The lowest BCUT2D eigenvalue weighted by Gasteiger charge is -2.36. The first-order chi connectivity index (χ1) is 11.2. The van der Waals surface area contributed by atoms with Gasteiger partial charge in [-0.1, -0.05) is 42.4 Å². The molecule has 0 radical (unpaired) electrons. The molecule has 1 aromatic rings. The van der Waals surface area contributed by atoms with Crippen LogP contribution in [0, 0.1) is 0 Å². The van der Waals surface area contributed by atoms with Gasteiger partial charge < -0.3 is 14.3 Å². The zero-order valence-electron chi connectivity index (χ0n) is 14.7. The van der Waals surface area contributed by atoms with Gasteiger partial charge in [-0.05, 0) is 30.3 Å². The fourth-order valence-corrected chi connectivity index (χ4v) is 4.49. The fourth-order valence-electron chi connectivity index (χ4n) is 1.50. The highest BCUT2D eigenvalue weighted by molar-refractivity contribution is 8.79. The van der Waals surface area contributed by atoms with E-state index in [1.165, 1.54) is 11.0 Å². The van der Waals surface area contributed by atoms with Crippen LogP contribution in [-0.4, -0.2) is 36.8 Å². The van der Waals surface area contributed by atoms with Crippen LogP contribution in [-0.2, 0) is 4.43 Å². The minimum absolute atomic E-state index is 0.113. The zero-order valence-corrected chi connectivity index (χ0v) is 17.3. The van der Waals surface area contributed by atoms with Gasteiger partial charge in [-0.2, -0.15) is 0 Å². The van der Waals surface area contributed by atoms with Crippen LogP contribution in [0.3, 0.4) is 0 Å². The minimum Gasteiger partial charge on any atom is -0.492 e. The first-order valence-corrected chi connectivity index (χ1v) is 12.8. The normalized spacial score (nSPS) is 15.7. The number of rotatable bonds is 6. The number of aromatic hydroxyl groups is 1. The van der Waals surface area contributed by atoms with Gasteiger partial charge in [0.15, 0.2) is 8.32 Å². The molecular formula is C16H24N2O3S2Si. The monoisotopic (exact) mass is 384 g/mol. The van der Waals surface area contributed by atoms with Gasteiger partial charge in [-0.25, -0.2) is 0 Å². The number of aromatic nitrogens is 2. The van der Waals surface area contributed by atoms with E-state index in [0.717, 1.165) is 4.91 Å². The molecule has 0 bridgehead atoms. The van der Waals surface area contributed by atoms with Crippen LogP contribution in [0.15, 0.2) is 34.1 Å². The average Bonchev–Trinajstić information content (AvgIpc) is 2.52. The van der Waals surface area contributed by atoms with E-state index in [2.05, 4.69) is 56.2 Å². The van der Waals surface area contributed by atoms with Gasteiger partial charge in [0.2, 0.25) is 11.8 Å². The highest BCUT2D eigenvalue weighted by Gasteiger charge is 2.37. The highest BCUT2D eigenvalue weighted by atomic mass is 33.1. The van der Waals surface area contributed by atoms with Crippen molar-refractivity contribution in [2.45, 2.75) is 38.9 Å². The van der Waals surface area contributed by atoms with Gasteiger partial charge in [-0.3, -0.25) is 0 Å². The van der Waals surface area contributed by atoms with E-state index in [0.29, 0.717) is 19.1 Å². The van der Waals surface area contributed by atoms with Gasteiger partial charge in [0, 0.05) is 21.9 Å². The highest BCUT2D eigenvalue weighted by Crippen LogP contribution is 2.42. The molecule has 0 atom stereocenters. The number of hydrogen-bond donors (Lipinski definition) is 1. The van der Waals surface area contributed by atoms with Gasteiger partial charge in [0.05, 0.1) is 6.61 Å². The Morgan fingerprint density at radius 2 is 1.67 bits per heavy atom. The number of hydrogen-bond acceptors (Lipinski definition) is 7. The van der Waals surface area contributed by atoms with Crippen LogP contribution in [0.25, 0.3) is 0 Å². The van der Waals surface area contributed by atoms with Crippen LogP contribution >= 0.6 is 21.6 Å². The predicted octanol–water partition coefficient (Wildman–Crippen LogP) is 4.75. The van der Waals surface area contributed by atoms with Crippen molar-refractivity contribution in [3.8, 4) is 11.8 Å². The molecule has 0 unspecified atom stereocenters. The van der Waals surface area contributed by atoms with E-state index in [1.807, 2.05) is 0 Å². The summed E-state index contributed by atoms with van der Waals surface area (Å²) in [5.41, 5.74) is 0. The van der Waals surface area contributed by atoms with Gasteiger partial charge in [-0.15, -0.1) is 10.2 Å². The lowest BCUT2D eigenvalue weighted by molar-refractivity contribution is 0.325. The Balaban J connectivity index is 1.84. The molecule has 132 valence electrons. The minimum atomic E-state index is -1.71. The molecule has 2 rings (SSSR count). The Kier molecular flexibility index (Phi) is 6.41. The summed E-state index contributed by atoms with van der Waals surface area (Å²) >= 11 is 0. The van der Waals surface area contributed by atoms with Crippen molar-refractivity contribution in [2.75, 3.05) is 13.2 Å². The molecule has 5 nitrogen and oxygen atoms in total. The second kappa shape index (κ2) is 7.94. The van der Waals surface area contributed by atoms with E-state index < -0.39 is 8.32 Å². The first-order valence-electron chi connectivity index (χ1n) is 7.71. The SMILES string of the molecule is CC(C)(C)[Si](C)(C)OCC1=CC=C(COc2ccc(O)nn2)SS1. The molecule has 0 saturated heterocycles. The van der Waals surface area contributed by atoms with Gasteiger partial charge in [0.25, 0.3) is 0 Å². The predicted molar refractivity (Wildman–Crippen MR) is 104 cm³/mol. The molecule has 0 spiro atoms. The Morgan fingerprint density at radius 1 is 1.04 bits per heavy atom. The van der Waals surface area contributed by atoms with E-state index >= 15 is 0 Å².